The van der Waals surface area contributed by atoms with Crippen molar-refractivity contribution in [2.75, 3.05) is 32.8 Å². The van der Waals surface area contributed by atoms with E-state index >= 15 is 0 Å². The van der Waals surface area contributed by atoms with Gasteiger partial charge < -0.3 is 19.5 Å². The van der Waals surface area contributed by atoms with Gasteiger partial charge in [0.2, 0.25) is 0 Å². The van der Waals surface area contributed by atoms with E-state index in [4.69, 9.17) is 14.2 Å². The predicted octanol–water partition coefficient (Wildman–Crippen LogP) is 6.65. The van der Waals surface area contributed by atoms with E-state index in [0.717, 1.165) is 37.0 Å². The number of halogens is 3. The molecule has 0 spiro atoms. The third-order valence-electron chi connectivity index (χ3n) is 8.63. The smallest absolute Gasteiger partial charge is 0.416 e. The van der Waals surface area contributed by atoms with Crippen LogP contribution < -0.4 is 14.8 Å². The fraction of sp³-hybridized carbons (Fsp3) is 0.472. The summed E-state index contributed by atoms with van der Waals surface area (Å²) in [6.45, 7) is 12.2. The van der Waals surface area contributed by atoms with Gasteiger partial charge in [0, 0.05) is 38.6 Å². The van der Waals surface area contributed by atoms with E-state index in [1.807, 2.05) is 48.5 Å². The van der Waals surface area contributed by atoms with Crippen LogP contribution in [0.25, 0.3) is 0 Å². The number of likely N-dealkylation sites (tertiary alicyclic amines) is 1. The first-order valence-electron chi connectivity index (χ1n) is 15.7. The molecule has 3 aromatic rings. The summed E-state index contributed by atoms with van der Waals surface area (Å²) in [4.78, 5) is 15.1. The molecule has 2 fully saturated rings. The van der Waals surface area contributed by atoms with Gasteiger partial charge in [-0.15, -0.1) is 0 Å². The summed E-state index contributed by atoms with van der Waals surface area (Å²) in [5, 5.41) is 3.45. The van der Waals surface area contributed by atoms with Crippen LogP contribution in [-0.2, 0) is 34.1 Å². The maximum Gasteiger partial charge on any atom is 0.416 e. The van der Waals surface area contributed by atoms with Crippen LogP contribution in [0.4, 0.5) is 13.2 Å². The summed E-state index contributed by atoms with van der Waals surface area (Å²) in [5.41, 5.74) is 2.20. The number of carbonyl (C=O) groups is 1. The number of alkyl halides is 3. The van der Waals surface area contributed by atoms with E-state index in [9.17, 15) is 18.0 Å². The van der Waals surface area contributed by atoms with Gasteiger partial charge >= 0.3 is 12.1 Å². The van der Waals surface area contributed by atoms with Crippen molar-refractivity contribution >= 4 is 5.97 Å². The largest absolute Gasteiger partial charge is 0.492 e. The number of nitrogens with zero attached hydrogens (tertiary/aromatic N) is 1. The topological polar surface area (TPSA) is 60.0 Å². The molecule has 0 amide bonds. The van der Waals surface area contributed by atoms with Crippen LogP contribution in [-0.4, -0.2) is 55.9 Å². The maximum absolute atomic E-state index is 13.0. The normalized spacial score (nSPS) is 20.4. The molecular formula is C36H43F3N2O4. The van der Waals surface area contributed by atoms with Crippen LogP contribution in [0.1, 0.15) is 49.9 Å². The van der Waals surface area contributed by atoms with E-state index in [1.165, 1.54) is 17.7 Å². The Hall–Kier alpha value is -3.56. The fourth-order valence-electron chi connectivity index (χ4n) is 6.03. The van der Waals surface area contributed by atoms with E-state index in [-0.39, 0.29) is 12.0 Å². The van der Waals surface area contributed by atoms with Crippen molar-refractivity contribution in [3.8, 4) is 11.5 Å². The molecule has 0 aromatic heterocycles. The molecule has 1 aliphatic carbocycles. The number of ether oxygens (including phenoxy) is 3. The number of nitrogens with one attached hydrogen (secondary N) is 1. The van der Waals surface area contributed by atoms with Gasteiger partial charge in [-0.25, -0.2) is 4.79 Å². The molecule has 1 saturated carbocycles. The van der Waals surface area contributed by atoms with Gasteiger partial charge in [0.15, 0.2) is 6.10 Å². The molecule has 0 radical (unpaired) electrons. The van der Waals surface area contributed by atoms with Crippen LogP contribution in [0.2, 0.25) is 0 Å². The Morgan fingerprint density at radius 2 is 1.58 bits per heavy atom. The minimum Gasteiger partial charge on any atom is -0.492 e. The Morgan fingerprint density at radius 3 is 2.20 bits per heavy atom. The number of hydrogen-bond acceptors (Lipinski definition) is 6. The predicted molar refractivity (Wildman–Crippen MR) is 167 cm³/mol. The zero-order valence-electron chi connectivity index (χ0n) is 26.4. The molecule has 45 heavy (non-hydrogen) atoms. The Balaban J connectivity index is 1.04. The minimum atomic E-state index is -4.32. The van der Waals surface area contributed by atoms with Crippen molar-refractivity contribution in [1.29, 1.82) is 0 Å². The van der Waals surface area contributed by atoms with Crippen molar-refractivity contribution < 1.29 is 32.2 Å². The summed E-state index contributed by atoms with van der Waals surface area (Å²) in [7, 11) is 0. The number of rotatable bonds is 13. The second-order valence-electron chi connectivity index (χ2n) is 13.0. The second kappa shape index (κ2) is 13.8. The SMILES string of the molecule is CCOC(=O)[C@H](Cc1ccc(OCCN2CC3C(C2)C3NCc2cccc(C(F)(F)F)c2)cc1)Oc1ccc(C(C)(C)C)cc1. The average Bonchev–Trinajstić information content (AvgIpc) is 3.45. The molecule has 3 atom stereocenters. The van der Waals surface area contributed by atoms with Crippen LogP contribution in [0.3, 0.4) is 0 Å². The van der Waals surface area contributed by atoms with E-state index < -0.39 is 23.8 Å². The highest BCUT2D eigenvalue weighted by molar-refractivity contribution is 5.75. The first-order valence-corrected chi connectivity index (χ1v) is 15.7. The molecule has 1 aliphatic heterocycles. The van der Waals surface area contributed by atoms with Crippen LogP contribution in [0.5, 0.6) is 11.5 Å². The molecule has 0 bridgehead atoms. The third-order valence-corrected chi connectivity index (χ3v) is 8.63. The molecule has 3 aromatic carbocycles. The fourth-order valence-corrected chi connectivity index (χ4v) is 6.03. The highest BCUT2D eigenvalue weighted by atomic mass is 19.4. The summed E-state index contributed by atoms with van der Waals surface area (Å²) in [6, 6.07) is 21.4. The zero-order valence-corrected chi connectivity index (χ0v) is 26.4. The van der Waals surface area contributed by atoms with Gasteiger partial charge in [-0.3, -0.25) is 4.90 Å². The van der Waals surface area contributed by atoms with Crippen LogP contribution >= 0.6 is 0 Å². The number of carbonyl (C=O) groups excluding carboxylic acids is 1. The molecule has 1 N–H and O–H groups in total. The standard InChI is InChI=1S/C36H43F3N2O4/c1-5-43-34(42)32(45-29-15-11-26(12-16-29)35(2,3)4)20-24-9-13-28(14-10-24)44-18-17-41-22-30-31(23-41)33(30)40-21-25-7-6-8-27(19-25)36(37,38)39/h6-16,19,30-33,40H,5,17-18,20-23H2,1-4H3/t30?,31?,32-,33?/m0/s1. The zero-order chi connectivity index (χ0) is 32.2. The summed E-state index contributed by atoms with van der Waals surface area (Å²) in [6.07, 6.45) is -4.71. The number of piperidine rings is 1. The Morgan fingerprint density at radius 1 is 0.911 bits per heavy atom. The van der Waals surface area contributed by atoms with Gasteiger partial charge in [-0.2, -0.15) is 13.2 Å². The van der Waals surface area contributed by atoms with Gasteiger partial charge in [0.05, 0.1) is 12.2 Å². The average molecular weight is 625 g/mol. The summed E-state index contributed by atoms with van der Waals surface area (Å²) < 4.78 is 56.3. The number of esters is 1. The van der Waals surface area contributed by atoms with Crippen molar-refractivity contribution in [3.05, 3.63) is 95.1 Å². The van der Waals surface area contributed by atoms with Crippen LogP contribution in [0, 0.1) is 11.8 Å². The molecular weight excluding hydrogens is 581 g/mol. The minimum absolute atomic E-state index is 0.0271. The maximum atomic E-state index is 13.0. The number of fused-ring (bicyclic) bond motifs is 1. The lowest BCUT2D eigenvalue weighted by atomic mass is 9.87. The van der Waals surface area contributed by atoms with Gasteiger partial charge in [-0.1, -0.05) is 63.2 Å². The highest BCUT2D eigenvalue weighted by Crippen LogP contribution is 2.45. The third kappa shape index (κ3) is 8.79. The van der Waals surface area contributed by atoms with Crippen molar-refractivity contribution in [2.24, 2.45) is 11.8 Å². The van der Waals surface area contributed by atoms with Crippen molar-refractivity contribution in [3.63, 3.8) is 0 Å². The Kier molecular flexibility index (Phi) is 10.1. The van der Waals surface area contributed by atoms with Crippen molar-refractivity contribution in [1.82, 2.24) is 10.2 Å². The van der Waals surface area contributed by atoms with Crippen LogP contribution in [0.15, 0.2) is 72.8 Å². The van der Waals surface area contributed by atoms with Gasteiger partial charge in [-0.05, 0) is 71.2 Å². The quantitative estimate of drug-likeness (QED) is 0.215. The number of hydrogen-bond donors (Lipinski definition) is 1. The Bertz CT molecular complexity index is 1410. The van der Waals surface area contributed by atoms with E-state index in [1.54, 1.807) is 13.0 Å². The first kappa shape index (κ1) is 32.8. The molecule has 6 nitrogen and oxygen atoms in total. The number of benzene rings is 3. The molecule has 1 heterocycles. The molecule has 2 unspecified atom stereocenters. The first-order chi connectivity index (χ1) is 21.4. The van der Waals surface area contributed by atoms with Crippen molar-refractivity contribution in [2.45, 2.75) is 64.4 Å². The molecule has 1 saturated heterocycles. The lowest BCUT2D eigenvalue weighted by molar-refractivity contribution is -0.151. The summed E-state index contributed by atoms with van der Waals surface area (Å²) in [5.74, 6) is 2.05. The summed E-state index contributed by atoms with van der Waals surface area (Å²) >= 11 is 0. The lowest BCUT2D eigenvalue weighted by Crippen LogP contribution is -2.33. The monoisotopic (exact) mass is 624 g/mol. The molecule has 2 aliphatic rings. The molecule has 242 valence electrons. The second-order valence-corrected chi connectivity index (χ2v) is 13.0. The lowest BCUT2D eigenvalue weighted by Gasteiger charge is -2.21. The molecule has 9 heteroatoms. The van der Waals surface area contributed by atoms with E-state index in [2.05, 4.69) is 31.0 Å². The Labute approximate surface area is 263 Å². The molecule has 5 rings (SSSR count). The van der Waals surface area contributed by atoms with E-state index in [0.29, 0.717) is 48.8 Å². The highest BCUT2D eigenvalue weighted by Gasteiger charge is 2.55. The van der Waals surface area contributed by atoms with Gasteiger partial charge in [0.25, 0.3) is 0 Å². The van der Waals surface area contributed by atoms with Gasteiger partial charge in [0.1, 0.15) is 18.1 Å².